The van der Waals surface area contributed by atoms with Gasteiger partial charge < -0.3 is 14.4 Å². The molecule has 2 aliphatic carbocycles. The van der Waals surface area contributed by atoms with Crippen molar-refractivity contribution in [2.24, 2.45) is 23.2 Å². The topological polar surface area (TPSA) is 45.3 Å². The second-order valence-corrected chi connectivity index (χ2v) is 9.78. The number of ether oxygens (including phenoxy) is 2. The van der Waals surface area contributed by atoms with E-state index in [0.717, 1.165) is 45.7 Å². The van der Waals surface area contributed by atoms with E-state index in [1.807, 2.05) is 0 Å². The Morgan fingerprint density at radius 1 is 1.19 bits per heavy atom. The minimum atomic E-state index is 0.0104. The van der Waals surface area contributed by atoms with Crippen LogP contribution in [-0.4, -0.2) is 72.8 Å². The number of carbonyl (C=O) groups excluding carboxylic acids is 1. The van der Waals surface area contributed by atoms with Crippen molar-refractivity contribution >= 4 is 5.97 Å². The second kappa shape index (κ2) is 5.92. The van der Waals surface area contributed by atoms with E-state index in [4.69, 9.17) is 9.47 Å². The molecular formula is C21H34N2O3. The van der Waals surface area contributed by atoms with Crippen LogP contribution in [0.3, 0.4) is 0 Å². The van der Waals surface area contributed by atoms with Crippen LogP contribution in [0.2, 0.25) is 0 Å². The molecule has 3 heterocycles. The largest absolute Gasteiger partial charge is 0.462 e. The van der Waals surface area contributed by atoms with Gasteiger partial charge in [-0.3, -0.25) is 9.69 Å². The molecule has 3 saturated heterocycles. The third-order valence-corrected chi connectivity index (χ3v) is 8.56. The highest BCUT2D eigenvalue weighted by Crippen LogP contribution is 2.70. The molecule has 0 aromatic rings. The van der Waals surface area contributed by atoms with E-state index in [2.05, 4.69) is 30.6 Å². The Kier molecular flexibility index (Phi) is 3.97. The summed E-state index contributed by atoms with van der Waals surface area (Å²) in [7, 11) is 0. The van der Waals surface area contributed by atoms with Crippen LogP contribution in [-0.2, 0) is 14.3 Å². The maximum Gasteiger partial charge on any atom is 0.311 e. The van der Waals surface area contributed by atoms with Crippen LogP contribution in [0.15, 0.2) is 0 Å². The predicted molar refractivity (Wildman–Crippen MR) is 98.8 cm³/mol. The van der Waals surface area contributed by atoms with Gasteiger partial charge in [0.25, 0.3) is 0 Å². The molecule has 0 N–H and O–H groups in total. The van der Waals surface area contributed by atoms with Gasteiger partial charge in [-0.05, 0) is 31.7 Å². The molecule has 5 nitrogen and oxygen atoms in total. The van der Waals surface area contributed by atoms with Crippen LogP contribution >= 0.6 is 0 Å². The molecule has 0 bridgehead atoms. The van der Waals surface area contributed by atoms with Gasteiger partial charge in [-0.1, -0.05) is 27.2 Å². The quantitative estimate of drug-likeness (QED) is 0.569. The average molecular weight is 363 g/mol. The van der Waals surface area contributed by atoms with Crippen molar-refractivity contribution in [2.75, 3.05) is 39.3 Å². The zero-order chi connectivity index (χ0) is 18.1. The van der Waals surface area contributed by atoms with Crippen molar-refractivity contribution in [3.8, 4) is 0 Å². The van der Waals surface area contributed by atoms with Crippen LogP contribution in [0.25, 0.3) is 0 Å². The number of nitrogens with zero attached hydrogens (tertiary/aromatic N) is 2. The first-order chi connectivity index (χ1) is 12.5. The Morgan fingerprint density at radius 2 is 1.92 bits per heavy atom. The summed E-state index contributed by atoms with van der Waals surface area (Å²) in [6.45, 7) is 13.3. The van der Waals surface area contributed by atoms with Crippen molar-refractivity contribution in [1.82, 2.24) is 9.80 Å². The van der Waals surface area contributed by atoms with Crippen LogP contribution in [0, 0.1) is 23.2 Å². The summed E-state index contributed by atoms with van der Waals surface area (Å²) in [5, 5.41) is 0. The van der Waals surface area contributed by atoms with Crippen molar-refractivity contribution in [2.45, 2.75) is 64.3 Å². The fourth-order valence-electron chi connectivity index (χ4n) is 7.01. The van der Waals surface area contributed by atoms with E-state index in [9.17, 15) is 4.79 Å². The maximum atomic E-state index is 12.8. The molecule has 0 radical (unpaired) electrons. The molecule has 0 aromatic carbocycles. The summed E-state index contributed by atoms with van der Waals surface area (Å²) in [6.07, 6.45) is 5.10. The number of piperazine rings is 1. The molecule has 26 heavy (non-hydrogen) atoms. The number of carbonyl (C=O) groups is 1. The number of epoxide rings is 1. The lowest BCUT2D eigenvalue weighted by Crippen LogP contribution is -2.55. The Balaban J connectivity index is 1.34. The monoisotopic (exact) mass is 362 g/mol. The molecule has 0 amide bonds. The third-order valence-electron chi connectivity index (χ3n) is 8.56. The Bertz CT molecular complexity index is 590. The zero-order valence-electron chi connectivity index (χ0n) is 16.6. The summed E-state index contributed by atoms with van der Waals surface area (Å²) in [5.41, 5.74) is 0.220. The highest BCUT2D eigenvalue weighted by molar-refractivity contribution is 5.76. The Labute approximate surface area is 157 Å². The van der Waals surface area contributed by atoms with Gasteiger partial charge in [-0.15, -0.1) is 0 Å². The molecule has 7 atom stereocenters. The highest BCUT2D eigenvalue weighted by Gasteiger charge is 2.78. The lowest BCUT2D eigenvalue weighted by Gasteiger charge is -2.49. The van der Waals surface area contributed by atoms with Crippen LogP contribution in [0.1, 0.15) is 46.5 Å². The van der Waals surface area contributed by atoms with Crippen LogP contribution in [0.4, 0.5) is 0 Å². The maximum absolute atomic E-state index is 12.8. The first-order valence-electron chi connectivity index (χ1n) is 10.8. The Hall–Kier alpha value is -0.650. The third kappa shape index (κ3) is 2.29. The number of rotatable bonds is 3. The summed E-state index contributed by atoms with van der Waals surface area (Å²) in [5.74, 6) is 0.937. The van der Waals surface area contributed by atoms with Gasteiger partial charge in [0.2, 0.25) is 0 Å². The van der Waals surface area contributed by atoms with Gasteiger partial charge >= 0.3 is 5.97 Å². The van der Waals surface area contributed by atoms with E-state index >= 15 is 0 Å². The van der Waals surface area contributed by atoms with Crippen molar-refractivity contribution in [3.05, 3.63) is 0 Å². The molecule has 2 saturated carbocycles. The number of fused-ring (bicyclic) bond motifs is 2. The van der Waals surface area contributed by atoms with E-state index < -0.39 is 0 Å². The van der Waals surface area contributed by atoms with Gasteiger partial charge in [-0.2, -0.15) is 0 Å². The molecule has 5 aliphatic rings. The Morgan fingerprint density at radius 3 is 2.65 bits per heavy atom. The first-order valence-corrected chi connectivity index (χ1v) is 10.8. The number of hydrogen-bond acceptors (Lipinski definition) is 5. The van der Waals surface area contributed by atoms with Gasteiger partial charge in [-0.25, -0.2) is 0 Å². The number of esters is 1. The fourth-order valence-corrected chi connectivity index (χ4v) is 7.01. The summed E-state index contributed by atoms with van der Waals surface area (Å²) >= 11 is 0. The van der Waals surface area contributed by atoms with E-state index in [-0.39, 0.29) is 41.0 Å². The van der Waals surface area contributed by atoms with Crippen molar-refractivity contribution in [3.63, 3.8) is 0 Å². The van der Waals surface area contributed by atoms with Crippen molar-refractivity contribution < 1.29 is 14.3 Å². The standard InChI is InChI=1S/C21H34N2O3/c1-4-22-8-10-23(11-9-22)13-15-17-16(25-19(15)24)12-20(3)7-5-6-14(2)21(20)18(17)26-21/h14-18H,4-13H2,1-3H3/t14-,15+,16+,17+,18+,20+,21-/m0/s1. The molecule has 0 unspecified atom stereocenters. The zero-order valence-corrected chi connectivity index (χ0v) is 16.6. The molecule has 0 aromatic heterocycles. The van der Waals surface area contributed by atoms with Crippen LogP contribution in [0.5, 0.6) is 0 Å². The molecule has 5 heteroatoms. The SMILES string of the molecule is CCN1CCN(C[C@H]2C(=O)O[C@@H]3C[C@@]4(C)CCC[C@H](C)[C@@]45O[C@@H]5[C@@H]32)CC1. The predicted octanol–water partition coefficient (Wildman–Crippen LogP) is 2.15. The smallest absolute Gasteiger partial charge is 0.311 e. The highest BCUT2D eigenvalue weighted by atomic mass is 16.6. The van der Waals surface area contributed by atoms with Crippen molar-refractivity contribution in [1.29, 1.82) is 0 Å². The fraction of sp³-hybridized carbons (Fsp3) is 0.952. The minimum Gasteiger partial charge on any atom is -0.462 e. The normalized spacial score (nSPS) is 51.3. The molecule has 5 rings (SSSR count). The second-order valence-electron chi connectivity index (χ2n) is 9.78. The molecular weight excluding hydrogens is 328 g/mol. The summed E-state index contributed by atoms with van der Waals surface area (Å²) in [4.78, 5) is 17.7. The molecule has 146 valence electrons. The van der Waals surface area contributed by atoms with Gasteiger partial charge in [0.15, 0.2) is 0 Å². The minimum absolute atomic E-state index is 0.0104. The number of hydrogen-bond donors (Lipinski definition) is 0. The molecule has 1 spiro atoms. The molecule has 3 aliphatic heterocycles. The van der Waals surface area contributed by atoms with Gasteiger partial charge in [0, 0.05) is 44.1 Å². The van der Waals surface area contributed by atoms with Gasteiger partial charge in [0.05, 0.1) is 12.0 Å². The number of likely N-dealkylation sites (N-methyl/N-ethyl adjacent to an activating group) is 1. The lowest BCUT2D eigenvalue weighted by atomic mass is 9.53. The van der Waals surface area contributed by atoms with Crippen LogP contribution < -0.4 is 0 Å². The average Bonchev–Trinajstić information content (AvgIpc) is 3.31. The van der Waals surface area contributed by atoms with Gasteiger partial charge in [0.1, 0.15) is 11.7 Å². The van der Waals surface area contributed by atoms with E-state index in [0.29, 0.717) is 5.92 Å². The first kappa shape index (κ1) is 17.4. The van der Waals surface area contributed by atoms with E-state index in [1.165, 1.54) is 19.3 Å². The van der Waals surface area contributed by atoms with E-state index in [1.54, 1.807) is 0 Å². The lowest BCUT2D eigenvalue weighted by molar-refractivity contribution is -0.146. The molecule has 5 fully saturated rings. The summed E-state index contributed by atoms with van der Waals surface area (Å²) < 4.78 is 12.5. The summed E-state index contributed by atoms with van der Waals surface area (Å²) in [6, 6.07) is 0.